The molecule has 2 aromatic carbocycles. The Labute approximate surface area is 185 Å². The molecule has 5 nitrogen and oxygen atoms in total. The van der Waals surface area contributed by atoms with E-state index < -0.39 is 0 Å². The summed E-state index contributed by atoms with van der Waals surface area (Å²) in [4.78, 5) is 24.6. The van der Waals surface area contributed by atoms with E-state index >= 15 is 0 Å². The fourth-order valence-corrected chi connectivity index (χ4v) is 3.75. The van der Waals surface area contributed by atoms with E-state index in [9.17, 15) is 9.59 Å². The molecule has 2 aromatic rings. The topological polar surface area (TPSA) is 67.4 Å². The first kappa shape index (κ1) is 22.9. The van der Waals surface area contributed by atoms with Crippen LogP contribution in [0.25, 0.3) is 0 Å². The monoisotopic (exact) mass is 422 g/mol. The highest BCUT2D eigenvalue weighted by molar-refractivity contribution is 5.94. The molecule has 0 aliphatic heterocycles. The third kappa shape index (κ3) is 7.42. The van der Waals surface area contributed by atoms with Crippen molar-refractivity contribution in [1.82, 2.24) is 10.6 Å². The van der Waals surface area contributed by atoms with Crippen molar-refractivity contribution < 1.29 is 14.3 Å². The summed E-state index contributed by atoms with van der Waals surface area (Å²) < 4.78 is 6.06. The Kier molecular flexibility index (Phi) is 8.51. The van der Waals surface area contributed by atoms with Crippen LogP contribution in [0.5, 0.6) is 5.75 Å². The highest BCUT2D eigenvalue weighted by Gasteiger charge is 2.16. The summed E-state index contributed by atoms with van der Waals surface area (Å²) in [7, 11) is 0. The zero-order valence-electron chi connectivity index (χ0n) is 18.7. The molecule has 1 atom stereocenters. The predicted molar refractivity (Wildman–Crippen MR) is 123 cm³/mol. The lowest BCUT2D eigenvalue weighted by atomic mass is 10.1. The summed E-state index contributed by atoms with van der Waals surface area (Å²) in [5.74, 6) is 0.816. The van der Waals surface area contributed by atoms with Gasteiger partial charge >= 0.3 is 0 Å². The first-order valence-corrected chi connectivity index (χ1v) is 11.5. The van der Waals surface area contributed by atoms with Crippen molar-refractivity contribution in [2.45, 2.75) is 77.5 Å². The van der Waals surface area contributed by atoms with Gasteiger partial charge in [-0.1, -0.05) is 31.2 Å². The Morgan fingerprint density at radius 1 is 1.06 bits per heavy atom. The summed E-state index contributed by atoms with van der Waals surface area (Å²) in [6, 6.07) is 15.6. The van der Waals surface area contributed by atoms with Crippen LogP contribution in [0, 0.1) is 0 Å². The van der Waals surface area contributed by atoms with Gasteiger partial charge in [-0.05, 0) is 80.8 Å². The van der Waals surface area contributed by atoms with Crippen molar-refractivity contribution in [3.63, 3.8) is 0 Å². The van der Waals surface area contributed by atoms with Crippen molar-refractivity contribution in [2.24, 2.45) is 0 Å². The second kappa shape index (κ2) is 11.5. The number of hydrogen-bond acceptors (Lipinski definition) is 3. The van der Waals surface area contributed by atoms with Gasteiger partial charge in [0.15, 0.2) is 0 Å². The Morgan fingerprint density at radius 2 is 1.81 bits per heavy atom. The maximum atomic E-state index is 12.3. The lowest BCUT2D eigenvalue weighted by molar-refractivity contribution is -0.121. The van der Waals surface area contributed by atoms with Crippen LogP contribution in [0.3, 0.4) is 0 Å². The first-order chi connectivity index (χ1) is 15.0. The van der Waals surface area contributed by atoms with Crippen molar-refractivity contribution in [3.8, 4) is 5.75 Å². The van der Waals surface area contributed by atoms with Crippen LogP contribution in [-0.2, 0) is 17.8 Å². The molecule has 0 radical (unpaired) electrons. The fourth-order valence-electron chi connectivity index (χ4n) is 3.75. The number of hydrogen-bond donors (Lipinski definition) is 2. The first-order valence-electron chi connectivity index (χ1n) is 11.5. The predicted octanol–water partition coefficient (Wildman–Crippen LogP) is 4.79. The molecule has 5 heteroatoms. The number of carbonyl (C=O) groups excluding carboxylic acids is 2. The average molecular weight is 423 g/mol. The Bertz CT molecular complexity index is 874. The van der Waals surface area contributed by atoms with Gasteiger partial charge in [-0.2, -0.15) is 0 Å². The molecule has 2 N–H and O–H groups in total. The zero-order valence-corrected chi connectivity index (χ0v) is 18.7. The largest absolute Gasteiger partial charge is 0.490 e. The number of ether oxygens (including phenoxy) is 1. The molecule has 31 heavy (non-hydrogen) atoms. The molecule has 1 aliphatic rings. The number of nitrogens with one attached hydrogen (secondary N) is 2. The number of aryl methyl sites for hydroxylation is 1. The van der Waals surface area contributed by atoms with Gasteiger partial charge in [0, 0.05) is 24.6 Å². The van der Waals surface area contributed by atoms with E-state index in [4.69, 9.17) is 4.74 Å². The normalized spacial score (nSPS) is 14.8. The lowest BCUT2D eigenvalue weighted by Gasteiger charge is -2.14. The Hall–Kier alpha value is -2.82. The van der Waals surface area contributed by atoms with Crippen LogP contribution in [0.4, 0.5) is 0 Å². The number of benzene rings is 2. The molecule has 166 valence electrons. The third-order valence-corrected chi connectivity index (χ3v) is 5.81. The van der Waals surface area contributed by atoms with Crippen molar-refractivity contribution in [1.29, 1.82) is 0 Å². The van der Waals surface area contributed by atoms with Crippen molar-refractivity contribution >= 4 is 11.8 Å². The van der Waals surface area contributed by atoms with Crippen LogP contribution in [0.1, 0.15) is 73.9 Å². The van der Waals surface area contributed by atoms with Gasteiger partial charge < -0.3 is 15.4 Å². The molecular weight excluding hydrogens is 388 g/mol. The van der Waals surface area contributed by atoms with Gasteiger partial charge in [0.05, 0.1) is 6.10 Å². The van der Waals surface area contributed by atoms with Gasteiger partial charge in [-0.15, -0.1) is 0 Å². The molecule has 0 bridgehead atoms. The maximum Gasteiger partial charge on any atom is 0.251 e. The Morgan fingerprint density at radius 3 is 2.58 bits per heavy atom. The second-order valence-corrected chi connectivity index (χ2v) is 8.43. The highest BCUT2D eigenvalue weighted by Crippen LogP contribution is 2.24. The summed E-state index contributed by atoms with van der Waals surface area (Å²) in [6.45, 7) is 4.43. The number of rotatable bonds is 10. The van der Waals surface area contributed by atoms with E-state index in [-0.39, 0.29) is 17.9 Å². The Balaban J connectivity index is 1.45. The molecule has 1 fully saturated rings. The number of carbonyl (C=O) groups is 2. The second-order valence-electron chi connectivity index (χ2n) is 8.43. The molecule has 0 aromatic heterocycles. The van der Waals surface area contributed by atoms with E-state index in [0.29, 0.717) is 31.1 Å². The molecule has 1 unspecified atom stereocenters. The quantitative estimate of drug-likeness (QED) is 0.579. The van der Waals surface area contributed by atoms with Crippen LogP contribution < -0.4 is 15.4 Å². The van der Waals surface area contributed by atoms with Crippen LogP contribution >= 0.6 is 0 Å². The SMILES string of the molecule is CCC(C)NC(=O)c1cccc(CNC(=O)CCc2cccc(OC3CCCC3)c2)c1. The highest BCUT2D eigenvalue weighted by atomic mass is 16.5. The van der Waals surface area contributed by atoms with E-state index in [1.54, 1.807) is 6.07 Å². The van der Waals surface area contributed by atoms with E-state index in [2.05, 4.69) is 10.6 Å². The smallest absolute Gasteiger partial charge is 0.251 e. The standard InChI is InChI=1S/C26H34N2O3/c1-3-19(2)28-26(30)22-10-6-9-21(16-22)18-27-25(29)15-14-20-8-7-13-24(17-20)31-23-11-4-5-12-23/h6-10,13,16-17,19,23H,3-5,11-12,14-15,18H2,1-2H3,(H,27,29)(H,28,30). The zero-order chi connectivity index (χ0) is 22.1. The molecule has 1 saturated carbocycles. The minimum Gasteiger partial charge on any atom is -0.490 e. The molecule has 0 heterocycles. The summed E-state index contributed by atoms with van der Waals surface area (Å²) in [5.41, 5.74) is 2.64. The van der Waals surface area contributed by atoms with Crippen LogP contribution in [0.2, 0.25) is 0 Å². The van der Waals surface area contributed by atoms with Gasteiger partial charge in [0.25, 0.3) is 5.91 Å². The van der Waals surface area contributed by atoms with Crippen LogP contribution in [0.15, 0.2) is 48.5 Å². The van der Waals surface area contributed by atoms with Crippen LogP contribution in [-0.4, -0.2) is 24.0 Å². The summed E-state index contributed by atoms with van der Waals surface area (Å²) >= 11 is 0. The lowest BCUT2D eigenvalue weighted by Crippen LogP contribution is -2.32. The molecule has 0 saturated heterocycles. The molecule has 1 aliphatic carbocycles. The molecule has 0 spiro atoms. The molecule has 3 rings (SSSR count). The summed E-state index contributed by atoms with van der Waals surface area (Å²) in [6.07, 6.45) is 7.07. The summed E-state index contributed by atoms with van der Waals surface area (Å²) in [5, 5.41) is 5.93. The van der Waals surface area contributed by atoms with Gasteiger partial charge in [0.2, 0.25) is 5.91 Å². The molecular formula is C26H34N2O3. The van der Waals surface area contributed by atoms with Crippen molar-refractivity contribution in [3.05, 3.63) is 65.2 Å². The van der Waals surface area contributed by atoms with Gasteiger partial charge in [-0.3, -0.25) is 9.59 Å². The molecule has 2 amide bonds. The average Bonchev–Trinajstić information content (AvgIpc) is 3.29. The van der Waals surface area contributed by atoms with Gasteiger partial charge in [0.1, 0.15) is 5.75 Å². The van der Waals surface area contributed by atoms with E-state index in [1.807, 2.05) is 56.3 Å². The van der Waals surface area contributed by atoms with Crippen molar-refractivity contribution in [2.75, 3.05) is 0 Å². The van der Waals surface area contributed by atoms with Gasteiger partial charge in [-0.25, -0.2) is 0 Å². The van der Waals surface area contributed by atoms with E-state index in [1.165, 1.54) is 12.8 Å². The fraction of sp³-hybridized carbons (Fsp3) is 0.462. The third-order valence-electron chi connectivity index (χ3n) is 5.81. The minimum atomic E-state index is -0.0813. The number of amides is 2. The maximum absolute atomic E-state index is 12.3. The van der Waals surface area contributed by atoms with E-state index in [0.717, 1.165) is 36.1 Å². The minimum absolute atomic E-state index is 0.00317.